The number of ether oxygens (including phenoxy) is 2. The molecule has 2 amide bonds. The monoisotopic (exact) mass is 534 g/mol. The highest BCUT2D eigenvalue weighted by Gasteiger charge is 2.28. The molecule has 12 nitrogen and oxygen atoms in total. The lowest BCUT2D eigenvalue weighted by Crippen LogP contribution is -2.51. The van der Waals surface area contributed by atoms with E-state index in [2.05, 4.69) is 20.6 Å². The molecule has 0 bridgehead atoms. The van der Waals surface area contributed by atoms with Crippen LogP contribution in [-0.2, 0) is 41.1 Å². The van der Waals surface area contributed by atoms with Crippen LogP contribution in [0.15, 0.2) is 60.8 Å². The van der Waals surface area contributed by atoms with Gasteiger partial charge in [-0.25, -0.2) is 4.79 Å². The first kappa shape index (κ1) is 27.7. The third-order valence-corrected chi connectivity index (χ3v) is 6.11. The van der Waals surface area contributed by atoms with Crippen molar-refractivity contribution >= 4 is 17.6 Å². The Morgan fingerprint density at radius 1 is 1.05 bits per heavy atom. The Kier molecular flexibility index (Phi) is 8.57. The summed E-state index contributed by atoms with van der Waals surface area (Å²) in [6.45, 7) is 4.03. The number of carbonyl (C=O) groups excluding carboxylic acids is 2. The molecule has 0 radical (unpaired) electrons. The Bertz CT molecular complexity index is 1410. The van der Waals surface area contributed by atoms with Crippen LogP contribution < -0.4 is 11.1 Å². The lowest BCUT2D eigenvalue weighted by Gasteiger charge is -2.24. The molecule has 0 saturated carbocycles. The van der Waals surface area contributed by atoms with Crippen molar-refractivity contribution in [1.82, 2.24) is 34.6 Å². The molecular weight excluding hydrogens is 500 g/mol. The summed E-state index contributed by atoms with van der Waals surface area (Å²) in [5, 5.41) is 15.7. The van der Waals surface area contributed by atoms with E-state index in [4.69, 9.17) is 15.2 Å². The molecule has 3 N–H and O–H groups in total. The molecule has 0 fully saturated rings. The predicted octanol–water partition coefficient (Wildman–Crippen LogP) is 2.34. The van der Waals surface area contributed by atoms with Gasteiger partial charge >= 0.3 is 6.09 Å². The first-order valence-electron chi connectivity index (χ1n) is 12.5. The normalized spacial score (nSPS) is 12.3. The molecule has 39 heavy (non-hydrogen) atoms. The maximum absolute atomic E-state index is 12.8. The minimum Gasteiger partial charge on any atom is -0.443 e. The number of aromatic nitrogens is 5. The van der Waals surface area contributed by atoms with Crippen LogP contribution in [0.5, 0.6) is 0 Å². The lowest BCUT2D eigenvalue weighted by molar-refractivity contribution is -0.126. The quantitative estimate of drug-likeness (QED) is 0.299. The standard InChI is InChI=1S/C27H34N8O4/c1-27(2,28)25(36)30-22(18-38-16-19-9-6-5-7-10-19)24-32-31-23-12-8-11-21(35(23)24)17-39-26(37)33(3)15-20-13-14-29-34(20)4/h5-14,22H,15-18,28H2,1-4H3,(H,30,36)/t22-/m1/s1. The van der Waals surface area contributed by atoms with Gasteiger partial charge in [0.25, 0.3) is 0 Å². The van der Waals surface area contributed by atoms with E-state index in [0.717, 1.165) is 11.3 Å². The molecule has 12 heteroatoms. The largest absolute Gasteiger partial charge is 0.443 e. The molecule has 0 unspecified atom stereocenters. The van der Waals surface area contributed by atoms with Crippen LogP contribution in [0, 0.1) is 0 Å². The molecule has 0 spiro atoms. The molecule has 4 rings (SSSR count). The number of fused-ring (bicyclic) bond motifs is 1. The van der Waals surface area contributed by atoms with E-state index in [-0.39, 0.29) is 19.1 Å². The van der Waals surface area contributed by atoms with Crippen LogP contribution in [-0.4, -0.2) is 60.5 Å². The third-order valence-electron chi connectivity index (χ3n) is 6.11. The average molecular weight is 535 g/mol. The summed E-state index contributed by atoms with van der Waals surface area (Å²) >= 11 is 0. The summed E-state index contributed by atoms with van der Waals surface area (Å²) in [5.41, 5.74) is 7.96. The fourth-order valence-electron chi connectivity index (χ4n) is 3.87. The van der Waals surface area contributed by atoms with E-state index >= 15 is 0 Å². The van der Waals surface area contributed by atoms with Crippen LogP contribution >= 0.6 is 0 Å². The van der Waals surface area contributed by atoms with E-state index in [1.165, 1.54) is 4.90 Å². The lowest BCUT2D eigenvalue weighted by atomic mass is 10.1. The molecule has 3 aromatic heterocycles. The summed E-state index contributed by atoms with van der Waals surface area (Å²) in [4.78, 5) is 27.0. The van der Waals surface area contributed by atoms with Crippen molar-refractivity contribution in [3.63, 3.8) is 0 Å². The second-order valence-electron chi connectivity index (χ2n) is 9.87. The minimum absolute atomic E-state index is 0.0368. The minimum atomic E-state index is -1.12. The van der Waals surface area contributed by atoms with Crippen molar-refractivity contribution in [3.05, 3.63) is 83.6 Å². The second kappa shape index (κ2) is 12.0. The van der Waals surface area contributed by atoms with E-state index in [1.54, 1.807) is 48.3 Å². The molecule has 206 valence electrons. The first-order chi connectivity index (χ1) is 18.6. The van der Waals surface area contributed by atoms with Crippen molar-refractivity contribution in [3.8, 4) is 0 Å². The van der Waals surface area contributed by atoms with Crippen molar-refractivity contribution in [2.24, 2.45) is 12.8 Å². The van der Waals surface area contributed by atoms with Crippen LogP contribution in [0.1, 0.15) is 42.7 Å². The molecule has 0 aliphatic heterocycles. The van der Waals surface area contributed by atoms with Gasteiger partial charge in [0.2, 0.25) is 5.91 Å². The van der Waals surface area contributed by atoms with Crippen LogP contribution in [0.2, 0.25) is 0 Å². The smallest absolute Gasteiger partial charge is 0.410 e. The molecule has 1 aromatic carbocycles. The summed E-state index contributed by atoms with van der Waals surface area (Å²) < 4.78 is 15.0. The number of nitrogens with zero attached hydrogens (tertiary/aromatic N) is 6. The van der Waals surface area contributed by atoms with Gasteiger partial charge in [0.15, 0.2) is 11.5 Å². The van der Waals surface area contributed by atoms with Gasteiger partial charge in [-0.15, -0.1) is 10.2 Å². The predicted molar refractivity (Wildman–Crippen MR) is 143 cm³/mol. The van der Waals surface area contributed by atoms with Gasteiger partial charge < -0.3 is 25.4 Å². The van der Waals surface area contributed by atoms with Crippen molar-refractivity contribution < 1.29 is 19.1 Å². The van der Waals surface area contributed by atoms with Crippen LogP contribution in [0.25, 0.3) is 5.65 Å². The van der Waals surface area contributed by atoms with Crippen molar-refractivity contribution in [1.29, 1.82) is 0 Å². The number of hydrogen-bond acceptors (Lipinski definition) is 8. The number of pyridine rings is 1. The van der Waals surface area contributed by atoms with E-state index in [0.29, 0.717) is 30.3 Å². The van der Waals surface area contributed by atoms with Gasteiger partial charge in [-0.3, -0.25) is 13.9 Å². The van der Waals surface area contributed by atoms with Gasteiger partial charge in [-0.05, 0) is 37.6 Å². The van der Waals surface area contributed by atoms with E-state index in [1.807, 2.05) is 49.5 Å². The fraction of sp³-hybridized carbons (Fsp3) is 0.370. The maximum atomic E-state index is 12.8. The Morgan fingerprint density at radius 3 is 2.51 bits per heavy atom. The Labute approximate surface area is 226 Å². The molecule has 0 aliphatic carbocycles. The summed E-state index contributed by atoms with van der Waals surface area (Å²) in [5.74, 6) is 0.0683. The van der Waals surface area contributed by atoms with Gasteiger partial charge in [-0.1, -0.05) is 36.4 Å². The third kappa shape index (κ3) is 6.98. The fourth-order valence-corrected chi connectivity index (χ4v) is 3.87. The number of benzene rings is 1. The molecule has 1 atom stereocenters. The number of carbonyl (C=O) groups is 2. The molecule has 0 saturated heterocycles. The average Bonchev–Trinajstić information content (AvgIpc) is 3.53. The number of nitrogens with two attached hydrogens (primary N) is 1. The summed E-state index contributed by atoms with van der Waals surface area (Å²) in [6, 6.07) is 16.3. The van der Waals surface area contributed by atoms with Gasteiger partial charge in [0.1, 0.15) is 12.6 Å². The van der Waals surface area contributed by atoms with Gasteiger partial charge in [0.05, 0.1) is 36.7 Å². The van der Waals surface area contributed by atoms with E-state index in [9.17, 15) is 9.59 Å². The van der Waals surface area contributed by atoms with E-state index < -0.39 is 17.7 Å². The zero-order valence-corrected chi connectivity index (χ0v) is 22.6. The Hall–Kier alpha value is -4.29. The first-order valence-corrected chi connectivity index (χ1v) is 12.5. The van der Waals surface area contributed by atoms with Crippen LogP contribution in [0.3, 0.4) is 0 Å². The van der Waals surface area contributed by atoms with Crippen LogP contribution in [0.4, 0.5) is 4.79 Å². The number of rotatable bonds is 11. The highest BCUT2D eigenvalue weighted by atomic mass is 16.6. The zero-order valence-electron chi connectivity index (χ0n) is 22.6. The van der Waals surface area contributed by atoms with Gasteiger partial charge in [-0.2, -0.15) is 5.10 Å². The van der Waals surface area contributed by atoms with Crippen molar-refractivity contribution in [2.75, 3.05) is 13.7 Å². The molecule has 4 aromatic rings. The molecule has 0 aliphatic rings. The number of nitrogens with one attached hydrogen (secondary N) is 1. The SMILES string of the molecule is CN(Cc1ccnn1C)C(=O)OCc1cccc2nnc([C@@H](COCc3ccccc3)NC(=O)C(C)(C)N)n12. The maximum Gasteiger partial charge on any atom is 0.410 e. The highest BCUT2D eigenvalue weighted by molar-refractivity contribution is 5.85. The Balaban J connectivity index is 1.53. The van der Waals surface area contributed by atoms with Gasteiger partial charge in [0, 0.05) is 20.3 Å². The summed E-state index contributed by atoms with van der Waals surface area (Å²) in [7, 11) is 3.47. The van der Waals surface area contributed by atoms with Crippen molar-refractivity contribution in [2.45, 2.75) is 45.2 Å². The number of hydrogen-bond donors (Lipinski definition) is 2. The second-order valence-corrected chi connectivity index (χ2v) is 9.87. The highest BCUT2D eigenvalue weighted by Crippen LogP contribution is 2.19. The molecular formula is C27H34N8O4. The Morgan fingerprint density at radius 2 is 1.82 bits per heavy atom. The number of amides is 2. The topological polar surface area (TPSA) is 142 Å². The molecule has 3 heterocycles. The number of aryl methyl sites for hydroxylation is 1. The summed E-state index contributed by atoms with van der Waals surface area (Å²) in [6.07, 6.45) is 1.18. The zero-order chi connectivity index (χ0) is 28.0.